The minimum Gasteiger partial charge on any atom is -0.383 e. The van der Waals surface area contributed by atoms with Gasteiger partial charge in [0.1, 0.15) is 5.66 Å². The third-order valence-electron chi connectivity index (χ3n) is 11.6. The summed E-state index contributed by atoms with van der Waals surface area (Å²) in [4.78, 5) is 4.92. The largest absolute Gasteiger partial charge is 0.383 e. The predicted octanol–water partition coefficient (Wildman–Crippen LogP) is 9.75. The van der Waals surface area contributed by atoms with Crippen molar-refractivity contribution in [3.05, 3.63) is 130 Å². The lowest BCUT2D eigenvalue weighted by Gasteiger charge is -2.46. The molecule has 0 aromatic heterocycles. The molecule has 3 aliphatic rings. The van der Waals surface area contributed by atoms with Crippen LogP contribution in [0.25, 0.3) is 21.5 Å². The number of methoxy groups -OCH3 is 2. The average molecular weight is 688 g/mol. The van der Waals surface area contributed by atoms with E-state index in [0.717, 1.165) is 31.0 Å². The number of hydrogen-bond acceptors (Lipinski definition) is 5. The van der Waals surface area contributed by atoms with Crippen molar-refractivity contribution in [2.45, 2.75) is 57.0 Å². The molecule has 260 valence electrons. The van der Waals surface area contributed by atoms with Crippen LogP contribution in [0.2, 0.25) is 0 Å². The maximum atomic E-state index is 7.26. The Labute approximate surface area is 302 Å². The summed E-state index contributed by atoms with van der Waals surface area (Å²) in [6.07, 6.45) is 11.0. The molecule has 5 nitrogen and oxygen atoms in total. The first-order valence-corrected chi connectivity index (χ1v) is 18.2. The van der Waals surface area contributed by atoms with Crippen LogP contribution >= 0.6 is 11.6 Å². The molecule has 0 radical (unpaired) electrons. The molecule has 0 fully saturated rings. The average Bonchev–Trinajstić information content (AvgIpc) is 3.65. The molecule has 50 heavy (non-hydrogen) atoms. The van der Waals surface area contributed by atoms with E-state index in [1.54, 1.807) is 14.2 Å². The number of nitrogens with zero attached hydrogens (tertiary/aromatic N) is 2. The van der Waals surface area contributed by atoms with Gasteiger partial charge in [-0.2, -0.15) is 0 Å². The number of fused-ring (bicyclic) bond motifs is 6. The van der Waals surface area contributed by atoms with Gasteiger partial charge in [0.05, 0.1) is 13.2 Å². The van der Waals surface area contributed by atoms with Gasteiger partial charge in [-0.15, -0.1) is 0 Å². The third-order valence-corrected chi connectivity index (χ3v) is 12.1. The summed E-state index contributed by atoms with van der Waals surface area (Å²) >= 11 is 7.26. The molecule has 1 aliphatic carbocycles. The van der Waals surface area contributed by atoms with Gasteiger partial charge in [0.15, 0.2) is 0 Å². The van der Waals surface area contributed by atoms with Gasteiger partial charge in [-0.25, -0.2) is 0 Å². The summed E-state index contributed by atoms with van der Waals surface area (Å²) in [5.74, 6) is 0. The highest BCUT2D eigenvalue weighted by Gasteiger charge is 2.55. The summed E-state index contributed by atoms with van der Waals surface area (Å²) in [5, 5.41) is 9.77. The topological polar surface area (TPSA) is 37.0 Å². The molecule has 1 atom stereocenters. The van der Waals surface area contributed by atoms with Crippen LogP contribution in [0.4, 0.5) is 11.4 Å². The normalized spacial score (nSPS) is 22.6. The fraction of sp³-hybridized carbons (Fsp3) is 0.364. The number of rotatable bonds is 10. The Bertz CT molecular complexity index is 2070. The van der Waals surface area contributed by atoms with Gasteiger partial charge >= 0.3 is 0 Å². The van der Waals surface area contributed by atoms with E-state index in [1.807, 2.05) is 0 Å². The molecule has 0 saturated heterocycles. The Kier molecular flexibility index (Phi) is 9.23. The van der Waals surface area contributed by atoms with E-state index in [1.165, 1.54) is 60.9 Å². The van der Waals surface area contributed by atoms with Gasteiger partial charge in [0.2, 0.25) is 0 Å². The molecule has 7 rings (SSSR count). The lowest BCUT2D eigenvalue weighted by Crippen LogP contribution is -2.63. The van der Waals surface area contributed by atoms with Crippen molar-refractivity contribution >= 4 is 44.5 Å². The summed E-state index contributed by atoms with van der Waals surface area (Å²) in [7, 11) is 5.62. The van der Waals surface area contributed by atoms with Gasteiger partial charge in [-0.05, 0) is 88.0 Å². The second kappa shape index (κ2) is 13.4. The van der Waals surface area contributed by atoms with E-state index >= 15 is 0 Å². The van der Waals surface area contributed by atoms with E-state index in [4.69, 9.17) is 21.1 Å². The van der Waals surface area contributed by atoms with Crippen molar-refractivity contribution in [3.8, 4) is 0 Å². The fourth-order valence-corrected chi connectivity index (χ4v) is 9.35. The molecule has 0 spiro atoms. The van der Waals surface area contributed by atoms with E-state index < -0.39 is 5.66 Å². The van der Waals surface area contributed by atoms with Gasteiger partial charge in [0.25, 0.3) is 0 Å². The van der Waals surface area contributed by atoms with E-state index in [2.05, 4.69) is 147 Å². The van der Waals surface area contributed by atoms with E-state index in [9.17, 15) is 0 Å². The number of allylic oxidation sites excluding steroid dienone is 7. The number of halogens is 1. The molecule has 0 amide bonds. The molecule has 2 aliphatic heterocycles. The third kappa shape index (κ3) is 5.33. The summed E-state index contributed by atoms with van der Waals surface area (Å²) in [6, 6.07) is 26.5. The van der Waals surface area contributed by atoms with Gasteiger partial charge in [0, 0.05) is 60.2 Å². The second-order valence-corrected chi connectivity index (χ2v) is 15.2. The zero-order chi connectivity index (χ0) is 35.3. The van der Waals surface area contributed by atoms with Crippen LogP contribution in [-0.2, 0) is 20.3 Å². The van der Waals surface area contributed by atoms with Crippen LogP contribution in [0.1, 0.15) is 51.7 Å². The minimum atomic E-state index is -0.485. The molecule has 4 aromatic rings. The fourth-order valence-electron chi connectivity index (χ4n) is 9.04. The number of ether oxygens (including phenoxy) is 2. The summed E-state index contributed by atoms with van der Waals surface area (Å²) in [5.41, 5.74) is 7.93. The Balaban J connectivity index is 1.26. The smallest absolute Gasteiger partial charge is 0.120 e. The number of nitrogens with one attached hydrogen (secondary N) is 1. The van der Waals surface area contributed by atoms with Crippen LogP contribution in [-0.4, -0.2) is 53.2 Å². The van der Waals surface area contributed by atoms with Gasteiger partial charge in [-0.1, -0.05) is 112 Å². The summed E-state index contributed by atoms with van der Waals surface area (Å²) in [6.45, 7) is 12.2. The Morgan fingerprint density at radius 1 is 0.760 bits per heavy atom. The molecule has 1 unspecified atom stereocenters. The molecule has 2 heterocycles. The van der Waals surface area contributed by atoms with Crippen molar-refractivity contribution in [2.24, 2.45) is 0 Å². The summed E-state index contributed by atoms with van der Waals surface area (Å²) < 4.78 is 11.2. The highest BCUT2D eigenvalue weighted by molar-refractivity contribution is 6.33. The van der Waals surface area contributed by atoms with Gasteiger partial charge in [-0.3, -0.25) is 5.32 Å². The van der Waals surface area contributed by atoms with Crippen molar-refractivity contribution < 1.29 is 9.47 Å². The number of benzene rings is 4. The SMILES string of the molecule is CNC1(/C=C/C2=C(Cl)C(=C/C=C3/N(CCOC)c4ccc5ccccc5c4C3(C)C)/CC2)N(CCOC)c2ccc3ccccc3c2C1(C)C. The lowest BCUT2D eigenvalue weighted by atomic mass is 9.73. The van der Waals surface area contributed by atoms with Crippen molar-refractivity contribution in [1.29, 1.82) is 0 Å². The highest BCUT2D eigenvalue weighted by atomic mass is 35.5. The zero-order valence-electron chi connectivity index (χ0n) is 30.6. The first-order chi connectivity index (χ1) is 24.1. The molecular formula is C44H50ClN3O2. The molecule has 0 bridgehead atoms. The zero-order valence-corrected chi connectivity index (χ0v) is 31.3. The second-order valence-electron chi connectivity index (χ2n) is 14.8. The van der Waals surface area contributed by atoms with Crippen LogP contribution in [0.15, 0.2) is 119 Å². The van der Waals surface area contributed by atoms with Crippen LogP contribution in [0.3, 0.4) is 0 Å². The molecule has 4 aromatic carbocycles. The van der Waals surface area contributed by atoms with Crippen LogP contribution < -0.4 is 15.1 Å². The number of likely N-dealkylation sites (N-methyl/N-ethyl adjacent to an activating group) is 1. The molecule has 1 N–H and O–H groups in total. The van der Waals surface area contributed by atoms with Crippen molar-refractivity contribution in [2.75, 3.05) is 57.4 Å². The standard InChI is InChI=1S/C44H50ClN3O2/c1-42(2)38(47(26-28-49-6)36-21-18-30-12-8-10-14-34(30)39(36)42)23-20-32-16-17-33(41(32)45)24-25-44(46-5)43(3,4)40-35-15-11-9-13-31(35)19-22-37(40)48(44)27-29-50-7/h8-15,18-25,46H,16-17,26-29H2,1-7H3/b25-24+,32-20+,38-23+. The van der Waals surface area contributed by atoms with Crippen molar-refractivity contribution in [1.82, 2.24) is 5.32 Å². The Hall–Kier alpha value is -3.87. The van der Waals surface area contributed by atoms with Gasteiger partial charge < -0.3 is 19.3 Å². The Morgan fingerprint density at radius 2 is 1.38 bits per heavy atom. The van der Waals surface area contributed by atoms with Crippen molar-refractivity contribution in [3.63, 3.8) is 0 Å². The van der Waals surface area contributed by atoms with E-state index in [-0.39, 0.29) is 10.8 Å². The number of anilines is 2. The quantitative estimate of drug-likeness (QED) is 0.180. The molecule has 6 heteroatoms. The Morgan fingerprint density at radius 3 is 2.04 bits per heavy atom. The number of hydrogen-bond donors (Lipinski definition) is 1. The molecule has 0 saturated carbocycles. The predicted molar refractivity (Wildman–Crippen MR) is 212 cm³/mol. The molecular weight excluding hydrogens is 638 g/mol. The first-order valence-electron chi connectivity index (χ1n) is 17.9. The monoisotopic (exact) mass is 687 g/mol. The van der Waals surface area contributed by atoms with Crippen LogP contribution in [0, 0.1) is 0 Å². The van der Waals surface area contributed by atoms with E-state index in [0.29, 0.717) is 13.2 Å². The maximum absolute atomic E-state index is 7.26. The minimum absolute atomic E-state index is 0.184. The maximum Gasteiger partial charge on any atom is 0.120 e. The highest BCUT2D eigenvalue weighted by Crippen LogP contribution is 2.54. The lowest BCUT2D eigenvalue weighted by molar-refractivity contribution is 0.190. The first kappa shape index (κ1) is 34.6. The van der Waals surface area contributed by atoms with Crippen LogP contribution in [0.5, 0.6) is 0 Å².